The molecule has 2 N–H and O–H groups in total. The van der Waals surface area contributed by atoms with Crippen molar-refractivity contribution in [3.8, 4) is 11.8 Å². The Morgan fingerprint density at radius 2 is 2.33 bits per heavy atom. The Hall–Kier alpha value is -1.90. The number of likely N-dealkylation sites (tertiary alicyclic amines) is 1. The standard InChI is InChI=1S/C16H18FNO3/c1-11(20)13-6-7-18(10-13)16(21)14-5-4-12(3-2-8-19)9-15(14)17/h4-5,9,11,13,19-20H,6-8,10H2,1H3. The fourth-order valence-corrected chi connectivity index (χ4v) is 2.44. The second kappa shape index (κ2) is 6.70. The molecule has 0 saturated carbocycles. The SMILES string of the molecule is CC(O)C1CCN(C(=O)c2ccc(C#CCO)cc2F)C1. The Kier molecular flexibility index (Phi) is 4.94. The molecule has 112 valence electrons. The van der Waals surface area contributed by atoms with Crippen LogP contribution in [0.1, 0.15) is 29.3 Å². The summed E-state index contributed by atoms with van der Waals surface area (Å²) in [6, 6.07) is 4.16. The molecule has 1 aliphatic heterocycles. The summed E-state index contributed by atoms with van der Waals surface area (Å²) in [6.45, 7) is 2.38. The molecule has 1 aromatic rings. The van der Waals surface area contributed by atoms with Crippen LogP contribution in [0.4, 0.5) is 4.39 Å². The van der Waals surface area contributed by atoms with Crippen LogP contribution in [0.2, 0.25) is 0 Å². The van der Waals surface area contributed by atoms with Gasteiger partial charge >= 0.3 is 0 Å². The van der Waals surface area contributed by atoms with Gasteiger partial charge in [0.05, 0.1) is 11.7 Å². The van der Waals surface area contributed by atoms with Crippen molar-refractivity contribution in [2.45, 2.75) is 19.4 Å². The van der Waals surface area contributed by atoms with Crippen LogP contribution < -0.4 is 0 Å². The number of hydrogen-bond acceptors (Lipinski definition) is 3. The monoisotopic (exact) mass is 291 g/mol. The Bertz CT molecular complexity index is 589. The molecular weight excluding hydrogens is 273 g/mol. The van der Waals surface area contributed by atoms with Crippen molar-refractivity contribution in [2.24, 2.45) is 5.92 Å². The highest BCUT2D eigenvalue weighted by Gasteiger charge is 2.30. The molecule has 5 heteroatoms. The molecule has 0 aromatic heterocycles. The predicted octanol–water partition coefficient (Wildman–Crippen LogP) is 1.01. The van der Waals surface area contributed by atoms with Crippen molar-refractivity contribution in [2.75, 3.05) is 19.7 Å². The lowest BCUT2D eigenvalue weighted by molar-refractivity contribution is 0.0758. The van der Waals surface area contributed by atoms with Gasteiger partial charge in [0.2, 0.25) is 0 Å². The summed E-state index contributed by atoms with van der Waals surface area (Å²) in [5, 5.41) is 18.2. The maximum atomic E-state index is 14.0. The highest BCUT2D eigenvalue weighted by molar-refractivity contribution is 5.94. The highest BCUT2D eigenvalue weighted by atomic mass is 19.1. The number of rotatable bonds is 2. The summed E-state index contributed by atoms with van der Waals surface area (Å²) >= 11 is 0. The second-order valence-electron chi connectivity index (χ2n) is 5.20. The van der Waals surface area contributed by atoms with Gasteiger partial charge < -0.3 is 15.1 Å². The molecule has 2 rings (SSSR count). The first-order valence-electron chi connectivity index (χ1n) is 6.89. The third-order valence-electron chi connectivity index (χ3n) is 3.71. The van der Waals surface area contributed by atoms with Gasteiger partial charge in [-0.3, -0.25) is 4.79 Å². The van der Waals surface area contributed by atoms with Crippen LogP contribution in [0.5, 0.6) is 0 Å². The molecule has 0 radical (unpaired) electrons. The van der Waals surface area contributed by atoms with E-state index in [9.17, 15) is 14.3 Å². The van der Waals surface area contributed by atoms with Gasteiger partial charge in [0.1, 0.15) is 12.4 Å². The molecule has 0 bridgehead atoms. The zero-order chi connectivity index (χ0) is 15.4. The normalized spacial score (nSPS) is 19.0. The summed E-state index contributed by atoms with van der Waals surface area (Å²) in [7, 11) is 0. The molecule has 1 fully saturated rings. The van der Waals surface area contributed by atoms with Crippen LogP contribution in [0.3, 0.4) is 0 Å². The summed E-state index contributed by atoms with van der Waals surface area (Å²) in [4.78, 5) is 13.9. The molecule has 2 unspecified atom stereocenters. The molecule has 1 heterocycles. The minimum Gasteiger partial charge on any atom is -0.393 e. The first kappa shape index (κ1) is 15.5. The molecule has 2 atom stereocenters. The van der Waals surface area contributed by atoms with Crippen LogP contribution >= 0.6 is 0 Å². The second-order valence-corrected chi connectivity index (χ2v) is 5.20. The number of halogens is 1. The molecule has 4 nitrogen and oxygen atoms in total. The van der Waals surface area contributed by atoms with Gasteiger partial charge in [-0.25, -0.2) is 4.39 Å². The molecule has 1 amide bonds. The average Bonchev–Trinajstić information content (AvgIpc) is 2.94. The first-order chi connectivity index (χ1) is 10.0. The molecule has 0 spiro atoms. The fraction of sp³-hybridized carbons (Fsp3) is 0.438. The smallest absolute Gasteiger partial charge is 0.256 e. The highest BCUT2D eigenvalue weighted by Crippen LogP contribution is 2.22. The van der Waals surface area contributed by atoms with Gasteiger partial charge in [-0.2, -0.15) is 0 Å². The van der Waals surface area contributed by atoms with Crippen LogP contribution in [0.25, 0.3) is 0 Å². The number of benzene rings is 1. The van der Waals surface area contributed by atoms with Crippen molar-refractivity contribution in [1.29, 1.82) is 0 Å². The van der Waals surface area contributed by atoms with E-state index < -0.39 is 11.9 Å². The Morgan fingerprint density at radius 3 is 2.90 bits per heavy atom. The predicted molar refractivity (Wildman–Crippen MR) is 76.1 cm³/mol. The van der Waals surface area contributed by atoms with Gasteiger partial charge in [0.25, 0.3) is 5.91 Å². The van der Waals surface area contributed by atoms with Crippen LogP contribution in [0, 0.1) is 23.6 Å². The Morgan fingerprint density at radius 1 is 1.57 bits per heavy atom. The molecule has 0 aliphatic carbocycles. The summed E-state index contributed by atoms with van der Waals surface area (Å²) < 4.78 is 14.0. The third-order valence-corrected chi connectivity index (χ3v) is 3.71. The number of amides is 1. The largest absolute Gasteiger partial charge is 0.393 e. The van der Waals surface area contributed by atoms with Crippen molar-refractivity contribution >= 4 is 5.91 Å². The molecule has 1 aromatic carbocycles. The van der Waals surface area contributed by atoms with E-state index in [2.05, 4.69) is 11.8 Å². The maximum Gasteiger partial charge on any atom is 0.256 e. The lowest BCUT2D eigenvalue weighted by Gasteiger charge is -2.18. The van der Waals surface area contributed by atoms with E-state index in [0.717, 1.165) is 6.42 Å². The Labute approximate surface area is 123 Å². The van der Waals surface area contributed by atoms with Crippen LogP contribution in [0.15, 0.2) is 18.2 Å². The number of carbonyl (C=O) groups is 1. The van der Waals surface area contributed by atoms with Gasteiger partial charge in [-0.05, 0) is 31.5 Å². The first-order valence-corrected chi connectivity index (χ1v) is 6.89. The summed E-state index contributed by atoms with van der Waals surface area (Å²) in [6.07, 6.45) is 0.259. The van der Waals surface area contributed by atoms with Gasteiger partial charge in [-0.1, -0.05) is 11.8 Å². The zero-order valence-corrected chi connectivity index (χ0v) is 11.8. The lowest BCUT2D eigenvalue weighted by Crippen LogP contribution is -2.31. The van der Waals surface area contributed by atoms with E-state index in [1.54, 1.807) is 17.9 Å². The number of hydrogen-bond donors (Lipinski definition) is 2. The van der Waals surface area contributed by atoms with Gasteiger partial charge in [0, 0.05) is 24.6 Å². The number of aliphatic hydroxyl groups excluding tert-OH is 2. The zero-order valence-electron chi connectivity index (χ0n) is 11.8. The molecular formula is C16H18FNO3. The van der Waals surface area contributed by atoms with Crippen molar-refractivity contribution < 1.29 is 19.4 Å². The van der Waals surface area contributed by atoms with Gasteiger partial charge in [-0.15, -0.1) is 0 Å². The third kappa shape index (κ3) is 3.60. The van der Waals surface area contributed by atoms with E-state index in [1.165, 1.54) is 12.1 Å². The van der Waals surface area contributed by atoms with Crippen LogP contribution in [-0.2, 0) is 0 Å². The number of carbonyl (C=O) groups excluding carboxylic acids is 1. The molecule has 21 heavy (non-hydrogen) atoms. The lowest BCUT2D eigenvalue weighted by atomic mass is 10.0. The van der Waals surface area contributed by atoms with E-state index in [-0.39, 0.29) is 24.0 Å². The molecule has 1 saturated heterocycles. The fourth-order valence-electron chi connectivity index (χ4n) is 2.44. The van der Waals surface area contributed by atoms with Crippen LogP contribution in [-0.4, -0.2) is 46.8 Å². The number of aliphatic hydroxyl groups is 2. The molecule has 1 aliphatic rings. The number of nitrogens with zero attached hydrogens (tertiary/aromatic N) is 1. The minimum absolute atomic E-state index is 0.00999. The van der Waals surface area contributed by atoms with E-state index >= 15 is 0 Å². The quantitative estimate of drug-likeness (QED) is 0.800. The van der Waals surface area contributed by atoms with Crippen molar-refractivity contribution in [1.82, 2.24) is 4.90 Å². The van der Waals surface area contributed by atoms with Crippen molar-refractivity contribution in [3.05, 3.63) is 35.1 Å². The summed E-state index contributed by atoms with van der Waals surface area (Å²) in [5.74, 6) is 4.09. The van der Waals surface area contributed by atoms with Gasteiger partial charge in [0.15, 0.2) is 0 Å². The summed E-state index contributed by atoms with van der Waals surface area (Å²) in [5.41, 5.74) is 0.428. The average molecular weight is 291 g/mol. The van der Waals surface area contributed by atoms with E-state index in [0.29, 0.717) is 18.7 Å². The van der Waals surface area contributed by atoms with E-state index in [1.807, 2.05) is 0 Å². The maximum absolute atomic E-state index is 14.0. The van der Waals surface area contributed by atoms with Crippen molar-refractivity contribution in [3.63, 3.8) is 0 Å². The Balaban J connectivity index is 2.13. The minimum atomic E-state index is -0.620. The topological polar surface area (TPSA) is 60.8 Å². The van der Waals surface area contributed by atoms with E-state index in [4.69, 9.17) is 5.11 Å².